The van der Waals surface area contributed by atoms with Crippen molar-refractivity contribution in [3.8, 4) is 0 Å². The molecule has 0 spiro atoms. The molecule has 3 N–H and O–H groups in total. The monoisotopic (exact) mass is 182 g/mol. The van der Waals surface area contributed by atoms with Crippen LogP contribution in [0.4, 0.5) is 5.69 Å². The smallest absolute Gasteiger partial charge is 0.0450 e. The molecule has 1 aliphatic rings. The molecule has 2 nitrogen and oxygen atoms in total. The van der Waals surface area contributed by atoms with Gasteiger partial charge in [0.15, 0.2) is 0 Å². The Morgan fingerprint density at radius 3 is 3.00 bits per heavy atom. The van der Waals surface area contributed by atoms with Gasteiger partial charge in [0, 0.05) is 23.2 Å². The normalized spacial score (nSPS) is 29.1. The summed E-state index contributed by atoms with van der Waals surface area (Å²) in [4.78, 5) is 0. The minimum absolute atomic E-state index is 0.418. The van der Waals surface area contributed by atoms with Gasteiger partial charge >= 0.3 is 0 Å². The molecule has 0 aromatic carbocycles. The molecule has 1 fully saturated rings. The number of hydrogen-bond acceptors (Lipinski definition) is 3. The first-order chi connectivity index (χ1) is 5.84. The Morgan fingerprint density at radius 1 is 1.50 bits per heavy atom. The van der Waals surface area contributed by atoms with Crippen LogP contribution in [0.2, 0.25) is 0 Å². The van der Waals surface area contributed by atoms with E-state index in [1.165, 1.54) is 18.5 Å². The van der Waals surface area contributed by atoms with Crippen LogP contribution in [0.3, 0.4) is 0 Å². The fraction of sp³-hybridized carbons (Fsp3) is 0.556. The maximum atomic E-state index is 5.82. The highest BCUT2D eigenvalue weighted by Crippen LogP contribution is 2.22. The molecule has 1 aromatic rings. The Morgan fingerprint density at radius 2 is 2.42 bits per heavy atom. The highest BCUT2D eigenvalue weighted by molar-refractivity contribution is 7.08. The summed E-state index contributed by atoms with van der Waals surface area (Å²) in [6.07, 6.45) is 3.51. The summed E-state index contributed by atoms with van der Waals surface area (Å²) >= 11 is 1.73. The molecule has 1 aromatic heterocycles. The SMILES string of the molecule is NC1CCC(Nc2ccsc2)C1. The third kappa shape index (κ3) is 1.79. The van der Waals surface area contributed by atoms with Gasteiger partial charge in [0.05, 0.1) is 0 Å². The second-order valence-corrected chi connectivity index (χ2v) is 4.21. The van der Waals surface area contributed by atoms with Crippen molar-refractivity contribution in [2.75, 3.05) is 5.32 Å². The van der Waals surface area contributed by atoms with Crippen molar-refractivity contribution in [2.24, 2.45) is 5.73 Å². The van der Waals surface area contributed by atoms with Crippen LogP contribution < -0.4 is 11.1 Å². The molecule has 0 bridgehead atoms. The molecule has 2 atom stereocenters. The summed E-state index contributed by atoms with van der Waals surface area (Å²) in [6, 6.07) is 3.14. The predicted octanol–water partition coefficient (Wildman–Crippen LogP) is 2.04. The van der Waals surface area contributed by atoms with E-state index >= 15 is 0 Å². The molecule has 0 saturated heterocycles. The van der Waals surface area contributed by atoms with Crippen LogP contribution in [-0.2, 0) is 0 Å². The van der Waals surface area contributed by atoms with Gasteiger partial charge in [-0.1, -0.05) is 0 Å². The lowest BCUT2D eigenvalue weighted by Crippen LogP contribution is -2.20. The van der Waals surface area contributed by atoms with Gasteiger partial charge in [0.1, 0.15) is 0 Å². The zero-order valence-corrected chi connectivity index (χ0v) is 7.81. The van der Waals surface area contributed by atoms with Crippen LogP contribution in [0.15, 0.2) is 16.8 Å². The van der Waals surface area contributed by atoms with Crippen LogP contribution in [0.5, 0.6) is 0 Å². The van der Waals surface area contributed by atoms with Crippen molar-refractivity contribution >= 4 is 17.0 Å². The third-order valence-corrected chi connectivity index (χ3v) is 3.05. The molecule has 12 heavy (non-hydrogen) atoms. The van der Waals surface area contributed by atoms with Crippen molar-refractivity contribution in [1.29, 1.82) is 0 Å². The topological polar surface area (TPSA) is 38.0 Å². The zero-order chi connectivity index (χ0) is 8.39. The second-order valence-electron chi connectivity index (χ2n) is 3.43. The van der Waals surface area contributed by atoms with E-state index in [0.717, 1.165) is 6.42 Å². The van der Waals surface area contributed by atoms with Gasteiger partial charge in [-0.05, 0) is 30.7 Å². The highest BCUT2D eigenvalue weighted by Gasteiger charge is 2.21. The number of rotatable bonds is 2. The molecular formula is C9H14N2S. The molecule has 0 aliphatic heterocycles. The Hall–Kier alpha value is -0.540. The minimum atomic E-state index is 0.418. The molecule has 0 amide bonds. The number of thiophene rings is 1. The largest absolute Gasteiger partial charge is 0.382 e. The fourth-order valence-electron chi connectivity index (χ4n) is 1.73. The highest BCUT2D eigenvalue weighted by atomic mass is 32.1. The number of nitrogens with two attached hydrogens (primary N) is 1. The van der Waals surface area contributed by atoms with E-state index in [0.29, 0.717) is 12.1 Å². The minimum Gasteiger partial charge on any atom is -0.382 e. The maximum Gasteiger partial charge on any atom is 0.0450 e. The molecule has 1 heterocycles. The first kappa shape index (κ1) is 8.08. The lowest BCUT2D eigenvalue weighted by Gasteiger charge is -2.11. The summed E-state index contributed by atoms with van der Waals surface area (Å²) in [6.45, 7) is 0. The van der Waals surface area contributed by atoms with Gasteiger partial charge in [-0.15, -0.1) is 0 Å². The Kier molecular flexibility index (Phi) is 2.33. The van der Waals surface area contributed by atoms with E-state index in [2.05, 4.69) is 22.1 Å². The van der Waals surface area contributed by atoms with E-state index in [1.54, 1.807) is 11.3 Å². The summed E-state index contributed by atoms with van der Waals surface area (Å²) < 4.78 is 0. The summed E-state index contributed by atoms with van der Waals surface area (Å²) in [5, 5.41) is 7.72. The third-order valence-electron chi connectivity index (χ3n) is 2.37. The zero-order valence-electron chi connectivity index (χ0n) is 6.99. The van der Waals surface area contributed by atoms with Gasteiger partial charge in [-0.2, -0.15) is 11.3 Å². The van der Waals surface area contributed by atoms with E-state index in [4.69, 9.17) is 5.73 Å². The van der Waals surface area contributed by atoms with Crippen molar-refractivity contribution in [2.45, 2.75) is 31.3 Å². The summed E-state index contributed by atoms with van der Waals surface area (Å²) in [5.74, 6) is 0. The van der Waals surface area contributed by atoms with Crippen LogP contribution >= 0.6 is 11.3 Å². The Balaban J connectivity index is 1.88. The summed E-state index contributed by atoms with van der Waals surface area (Å²) in [5.41, 5.74) is 7.07. The standard InChI is InChI=1S/C9H14N2S/c10-7-1-2-8(5-7)11-9-3-4-12-6-9/h3-4,6-8,11H,1-2,5,10H2. The van der Waals surface area contributed by atoms with Crippen molar-refractivity contribution in [3.05, 3.63) is 16.8 Å². The van der Waals surface area contributed by atoms with Gasteiger partial charge in [0.25, 0.3) is 0 Å². The molecule has 1 aliphatic carbocycles. The van der Waals surface area contributed by atoms with Gasteiger partial charge in [-0.3, -0.25) is 0 Å². The van der Waals surface area contributed by atoms with Crippen molar-refractivity contribution in [3.63, 3.8) is 0 Å². The van der Waals surface area contributed by atoms with Crippen molar-refractivity contribution in [1.82, 2.24) is 0 Å². The number of anilines is 1. The quantitative estimate of drug-likeness (QED) is 0.734. The fourth-order valence-corrected chi connectivity index (χ4v) is 2.33. The molecule has 2 rings (SSSR count). The van der Waals surface area contributed by atoms with Crippen LogP contribution in [-0.4, -0.2) is 12.1 Å². The van der Waals surface area contributed by atoms with Crippen LogP contribution in [0.1, 0.15) is 19.3 Å². The van der Waals surface area contributed by atoms with E-state index in [1.807, 2.05) is 0 Å². The lowest BCUT2D eigenvalue weighted by atomic mass is 10.2. The molecule has 2 unspecified atom stereocenters. The summed E-state index contributed by atoms with van der Waals surface area (Å²) in [7, 11) is 0. The molecule has 66 valence electrons. The van der Waals surface area contributed by atoms with E-state index in [9.17, 15) is 0 Å². The first-order valence-corrected chi connectivity index (χ1v) is 5.33. The van der Waals surface area contributed by atoms with Gasteiger partial charge < -0.3 is 11.1 Å². The molecular weight excluding hydrogens is 168 g/mol. The average molecular weight is 182 g/mol. The maximum absolute atomic E-state index is 5.82. The van der Waals surface area contributed by atoms with Crippen molar-refractivity contribution < 1.29 is 0 Å². The van der Waals surface area contributed by atoms with Gasteiger partial charge in [0.2, 0.25) is 0 Å². The second kappa shape index (κ2) is 3.46. The lowest BCUT2D eigenvalue weighted by molar-refractivity contribution is 0.688. The molecule has 1 saturated carbocycles. The molecule has 0 radical (unpaired) electrons. The predicted molar refractivity (Wildman–Crippen MR) is 53.6 cm³/mol. The van der Waals surface area contributed by atoms with E-state index in [-0.39, 0.29) is 0 Å². The van der Waals surface area contributed by atoms with Crippen LogP contribution in [0, 0.1) is 0 Å². The Labute approximate surface area is 76.8 Å². The van der Waals surface area contributed by atoms with E-state index < -0.39 is 0 Å². The number of hydrogen-bond donors (Lipinski definition) is 2. The van der Waals surface area contributed by atoms with Gasteiger partial charge in [-0.25, -0.2) is 0 Å². The average Bonchev–Trinajstić information content (AvgIpc) is 2.63. The Bertz CT molecular complexity index is 233. The first-order valence-electron chi connectivity index (χ1n) is 4.39. The number of nitrogens with one attached hydrogen (secondary N) is 1. The molecule has 3 heteroatoms. The van der Waals surface area contributed by atoms with Crippen LogP contribution in [0.25, 0.3) is 0 Å².